The number of rotatable bonds is 8. The Morgan fingerprint density at radius 3 is 2.06 bits per heavy atom. The van der Waals surface area contributed by atoms with E-state index in [0.29, 0.717) is 6.42 Å². The van der Waals surface area contributed by atoms with Crippen molar-refractivity contribution >= 4 is 12.1 Å². The Morgan fingerprint density at radius 2 is 1.45 bits per heavy atom. The van der Waals surface area contributed by atoms with Gasteiger partial charge < -0.3 is 20.0 Å². The molecule has 3 aromatic rings. The van der Waals surface area contributed by atoms with Gasteiger partial charge in [0.25, 0.3) is 0 Å². The van der Waals surface area contributed by atoms with E-state index in [2.05, 4.69) is 17.4 Å². The molecule has 0 heterocycles. The van der Waals surface area contributed by atoms with Gasteiger partial charge >= 0.3 is 6.09 Å². The third-order valence-electron chi connectivity index (χ3n) is 5.72. The number of carboxylic acid groups (broad SMARTS) is 1. The predicted octanol–water partition coefficient (Wildman–Crippen LogP) is 3.67. The van der Waals surface area contributed by atoms with Crippen LogP contribution in [0.15, 0.2) is 78.9 Å². The number of nitrogens with one attached hydrogen (secondary N) is 1. The zero-order valence-corrected chi connectivity index (χ0v) is 17.1. The van der Waals surface area contributed by atoms with Crippen molar-refractivity contribution in [3.8, 4) is 11.1 Å². The average molecular weight is 414 g/mol. The molecule has 0 unspecified atom stereocenters. The summed E-state index contributed by atoms with van der Waals surface area (Å²) >= 11 is 0. The van der Waals surface area contributed by atoms with Crippen molar-refractivity contribution in [2.75, 3.05) is 6.61 Å². The van der Waals surface area contributed by atoms with Crippen LogP contribution in [0, 0.1) is 0 Å². The maximum absolute atomic E-state index is 12.3. The number of hydrogen-bond donors (Lipinski definition) is 1. The highest BCUT2D eigenvalue weighted by atomic mass is 16.5. The van der Waals surface area contributed by atoms with Crippen molar-refractivity contribution in [2.24, 2.45) is 0 Å². The lowest BCUT2D eigenvalue weighted by atomic mass is 9.98. The molecule has 1 N–H and O–H groups in total. The summed E-state index contributed by atoms with van der Waals surface area (Å²) in [4.78, 5) is 23.8. The number of alkyl carbamates (subject to hydrolysis) is 1. The molecule has 158 valence electrons. The molecule has 1 aliphatic rings. The number of carbonyl (C=O) groups excluding carboxylic acids is 2. The molecule has 0 bridgehead atoms. The van der Waals surface area contributed by atoms with E-state index >= 15 is 0 Å². The predicted molar refractivity (Wildman–Crippen MR) is 116 cm³/mol. The topological polar surface area (TPSA) is 78.5 Å². The van der Waals surface area contributed by atoms with E-state index in [4.69, 9.17) is 4.74 Å². The first kappa shape index (κ1) is 20.7. The molecule has 1 aliphatic carbocycles. The third-order valence-corrected chi connectivity index (χ3v) is 5.72. The number of aryl methyl sites for hydroxylation is 1. The molecule has 31 heavy (non-hydrogen) atoms. The van der Waals surface area contributed by atoms with E-state index in [9.17, 15) is 14.7 Å². The van der Waals surface area contributed by atoms with Crippen molar-refractivity contribution < 1.29 is 19.4 Å². The van der Waals surface area contributed by atoms with Crippen LogP contribution in [0.3, 0.4) is 0 Å². The number of aliphatic carboxylic acids is 1. The number of carboxylic acids is 1. The molecule has 0 spiro atoms. The SMILES string of the molecule is O=C(N[C@H](CCCc1ccccc1)C(=O)[O-])OCC1c2ccccc2-c2ccccc21. The number of hydrogen-bond acceptors (Lipinski definition) is 4. The Balaban J connectivity index is 1.34. The molecule has 0 radical (unpaired) electrons. The Kier molecular flexibility index (Phi) is 6.32. The monoisotopic (exact) mass is 414 g/mol. The Bertz CT molecular complexity index is 1020. The van der Waals surface area contributed by atoms with Crippen molar-refractivity contribution in [1.82, 2.24) is 5.32 Å². The van der Waals surface area contributed by atoms with Crippen LogP contribution in [-0.4, -0.2) is 24.7 Å². The Hall–Kier alpha value is -3.60. The first-order valence-corrected chi connectivity index (χ1v) is 10.5. The van der Waals surface area contributed by atoms with E-state index in [1.165, 1.54) is 0 Å². The van der Waals surface area contributed by atoms with Crippen molar-refractivity contribution in [2.45, 2.75) is 31.2 Å². The summed E-state index contributed by atoms with van der Waals surface area (Å²) in [6, 6.07) is 24.8. The van der Waals surface area contributed by atoms with Crippen LogP contribution in [-0.2, 0) is 16.0 Å². The lowest BCUT2D eigenvalue weighted by molar-refractivity contribution is -0.308. The van der Waals surface area contributed by atoms with E-state index in [0.717, 1.165) is 34.2 Å². The molecule has 0 saturated carbocycles. The molecule has 0 aromatic heterocycles. The molecule has 1 atom stereocenters. The molecular formula is C26H24NO4-. The lowest BCUT2D eigenvalue weighted by Crippen LogP contribution is -2.48. The highest BCUT2D eigenvalue weighted by Gasteiger charge is 2.29. The summed E-state index contributed by atoms with van der Waals surface area (Å²) in [5.41, 5.74) is 5.62. The van der Waals surface area contributed by atoms with Crippen LogP contribution < -0.4 is 10.4 Å². The van der Waals surface area contributed by atoms with E-state index in [1.54, 1.807) is 0 Å². The highest BCUT2D eigenvalue weighted by Crippen LogP contribution is 2.44. The zero-order chi connectivity index (χ0) is 21.6. The van der Waals surface area contributed by atoms with Gasteiger partial charge in [-0.25, -0.2) is 4.79 Å². The van der Waals surface area contributed by atoms with Crippen molar-refractivity contribution in [3.05, 3.63) is 95.6 Å². The number of amides is 1. The van der Waals surface area contributed by atoms with Gasteiger partial charge in [-0.3, -0.25) is 0 Å². The summed E-state index contributed by atoms with van der Waals surface area (Å²) in [5, 5.41) is 13.9. The van der Waals surface area contributed by atoms with Crippen LogP contribution >= 0.6 is 0 Å². The van der Waals surface area contributed by atoms with Crippen LogP contribution in [0.4, 0.5) is 4.79 Å². The second kappa shape index (κ2) is 9.47. The standard InChI is InChI=1S/C26H25NO4/c28-25(29)24(16-8-11-18-9-2-1-3-10-18)27-26(30)31-17-23-21-14-6-4-12-19(21)20-13-5-7-15-22(20)23/h1-7,9-10,12-15,23-24H,8,11,16-17H2,(H,27,30)(H,28,29)/p-1/t24-/m1/s1. The van der Waals surface area contributed by atoms with Crippen LogP contribution in [0.2, 0.25) is 0 Å². The summed E-state index contributed by atoms with van der Waals surface area (Å²) in [7, 11) is 0. The van der Waals surface area contributed by atoms with E-state index in [1.807, 2.05) is 66.7 Å². The maximum atomic E-state index is 12.3. The molecule has 3 aromatic carbocycles. The summed E-state index contributed by atoms with van der Waals surface area (Å²) in [5.74, 6) is -1.38. The first-order valence-electron chi connectivity index (χ1n) is 10.5. The smallest absolute Gasteiger partial charge is 0.407 e. The van der Waals surface area contributed by atoms with Gasteiger partial charge in [0.1, 0.15) is 6.61 Å². The van der Waals surface area contributed by atoms with Gasteiger partial charge in [-0.05, 0) is 47.1 Å². The summed E-state index contributed by atoms with van der Waals surface area (Å²) in [6.45, 7) is 0.143. The van der Waals surface area contributed by atoms with Crippen molar-refractivity contribution in [1.29, 1.82) is 0 Å². The van der Waals surface area contributed by atoms with E-state index < -0.39 is 18.1 Å². The Morgan fingerprint density at radius 1 is 0.871 bits per heavy atom. The summed E-state index contributed by atoms with van der Waals surface area (Å²) < 4.78 is 5.44. The molecule has 5 nitrogen and oxygen atoms in total. The van der Waals surface area contributed by atoms with Gasteiger partial charge in [0, 0.05) is 5.92 Å². The summed E-state index contributed by atoms with van der Waals surface area (Å²) in [6.07, 6.45) is 0.890. The van der Waals surface area contributed by atoms with Crippen LogP contribution in [0.1, 0.15) is 35.4 Å². The van der Waals surface area contributed by atoms with Crippen molar-refractivity contribution in [3.63, 3.8) is 0 Å². The van der Waals surface area contributed by atoms with Gasteiger partial charge in [0.15, 0.2) is 0 Å². The molecule has 0 saturated heterocycles. The fraction of sp³-hybridized carbons (Fsp3) is 0.231. The number of fused-ring (bicyclic) bond motifs is 3. The minimum absolute atomic E-state index is 0.0716. The second-order valence-corrected chi connectivity index (χ2v) is 7.72. The molecule has 0 fully saturated rings. The quantitative estimate of drug-likeness (QED) is 0.610. The minimum atomic E-state index is -1.30. The normalized spacial score (nSPS) is 13.2. The average Bonchev–Trinajstić information content (AvgIpc) is 3.11. The van der Waals surface area contributed by atoms with Gasteiger partial charge in [-0.2, -0.15) is 0 Å². The molecule has 1 amide bonds. The molecule has 5 heteroatoms. The maximum Gasteiger partial charge on any atom is 0.407 e. The third kappa shape index (κ3) is 4.77. The van der Waals surface area contributed by atoms with Gasteiger partial charge in [-0.1, -0.05) is 78.9 Å². The Labute approximate surface area is 181 Å². The molecule has 0 aliphatic heterocycles. The van der Waals surface area contributed by atoms with Crippen LogP contribution in [0.25, 0.3) is 11.1 Å². The highest BCUT2D eigenvalue weighted by molar-refractivity contribution is 5.80. The zero-order valence-electron chi connectivity index (χ0n) is 17.1. The second-order valence-electron chi connectivity index (χ2n) is 7.72. The fourth-order valence-corrected chi connectivity index (χ4v) is 4.19. The molecular weight excluding hydrogens is 390 g/mol. The fourth-order valence-electron chi connectivity index (χ4n) is 4.19. The lowest BCUT2D eigenvalue weighted by Gasteiger charge is -2.20. The van der Waals surface area contributed by atoms with Gasteiger partial charge in [0.2, 0.25) is 0 Å². The van der Waals surface area contributed by atoms with Gasteiger partial charge in [-0.15, -0.1) is 0 Å². The van der Waals surface area contributed by atoms with Crippen LogP contribution in [0.5, 0.6) is 0 Å². The van der Waals surface area contributed by atoms with E-state index in [-0.39, 0.29) is 18.9 Å². The minimum Gasteiger partial charge on any atom is -0.548 e. The van der Waals surface area contributed by atoms with Gasteiger partial charge in [0.05, 0.1) is 12.0 Å². The number of benzene rings is 3. The number of ether oxygens (including phenoxy) is 1. The number of carbonyl (C=O) groups is 2. The molecule has 4 rings (SSSR count). The largest absolute Gasteiger partial charge is 0.548 e. The first-order chi connectivity index (χ1) is 15.1.